The molecule has 1 atom stereocenters. The minimum Gasteiger partial charge on any atom is -0.372 e. The van der Waals surface area contributed by atoms with Crippen LogP contribution in [-0.4, -0.2) is 55.4 Å². The maximum Gasteiger partial charge on any atom is 0.462 e. The van der Waals surface area contributed by atoms with E-state index in [1.807, 2.05) is 18.7 Å². The number of benzene rings is 1. The molecule has 16 heteroatoms. The zero-order valence-corrected chi connectivity index (χ0v) is 16.7. The molecule has 0 bridgehead atoms. The van der Waals surface area contributed by atoms with Crippen LogP contribution in [0.2, 0.25) is 0 Å². The molecular weight excluding hydrogens is 487 g/mol. The molecule has 0 spiro atoms. The molecule has 0 aromatic heterocycles. The predicted octanol–water partition coefficient (Wildman–Crippen LogP) is 5.02. The van der Waals surface area contributed by atoms with E-state index in [-0.39, 0.29) is 5.56 Å². The lowest BCUT2D eigenvalue weighted by atomic mass is 10.2. The first-order valence-electron chi connectivity index (χ1n) is 8.80. The van der Waals surface area contributed by atoms with E-state index in [4.69, 9.17) is 0 Å². The second kappa shape index (κ2) is 9.69. The van der Waals surface area contributed by atoms with Crippen LogP contribution in [0.4, 0.5) is 54.0 Å². The highest BCUT2D eigenvalue weighted by Gasteiger charge is 2.79. The van der Waals surface area contributed by atoms with Crippen LogP contribution in [0.5, 0.6) is 0 Å². The number of ether oxygens (including phenoxy) is 1. The van der Waals surface area contributed by atoms with Crippen LogP contribution in [0.3, 0.4) is 0 Å². The van der Waals surface area contributed by atoms with Crippen molar-refractivity contribution in [2.75, 3.05) is 18.0 Å². The van der Waals surface area contributed by atoms with Crippen molar-refractivity contribution in [1.29, 1.82) is 0 Å². The Morgan fingerprint density at radius 1 is 0.909 bits per heavy atom. The van der Waals surface area contributed by atoms with Crippen LogP contribution >= 0.6 is 0 Å². The molecule has 1 rings (SSSR count). The summed E-state index contributed by atoms with van der Waals surface area (Å²) in [4.78, 5) is 13.4. The molecule has 0 aliphatic heterocycles. The van der Waals surface area contributed by atoms with Gasteiger partial charge in [0.25, 0.3) is 0 Å². The Balaban J connectivity index is 3.09. The smallest absolute Gasteiger partial charge is 0.372 e. The van der Waals surface area contributed by atoms with Gasteiger partial charge < -0.3 is 4.90 Å². The SMILES string of the molecule is CCN(CC)c1ccc(/C=N/NC(=O)C(F)(OC(F)(F)C(F)(F)C(F)(F)F)C(F)(F)F)cc1. The molecule has 0 heterocycles. The molecule has 188 valence electrons. The number of anilines is 1. The summed E-state index contributed by atoms with van der Waals surface area (Å²) in [7, 11) is 0. The lowest BCUT2D eigenvalue weighted by molar-refractivity contribution is -0.472. The number of rotatable bonds is 9. The molecule has 1 unspecified atom stereocenters. The van der Waals surface area contributed by atoms with Crippen molar-refractivity contribution in [2.45, 2.75) is 44.1 Å². The van der Waals surface area contributed by atoms with Crippen LogP contribution in [0, 0.1) is 0 Å². The number of amides is 1. The van der Waals surface area contributed by atoms with Gasteiger partial charge >= 0.3 is 36.1 Å². The van der Waals surface area contributed by atoms with Gasteiger partial charge in [0.1, 0.15) is 0 Å². The van der Waals surface area contributed by atoms with Gasteiger partial charge in [-0.2, -0.15) is 53.4 Å². The second-order valence-electron chi connectivity index (χ2n) is 6.25. The van der Waals surface area contributed by atoms with Gasteiger partial charge in [-0.3, -0.25) is 9.53 Å². The lowest BCUT2D eigenvalue weighted by Gasteiger charge is -2.33. The fraction of sp³-hybridized carbons (Fsp3) is 0.529. The Morgan fingerprint density at radius 3 is 1.79 bits per heavy atom. The van der Waals surface area contributed by atoms with Gasteiger partial charge in [0.2, 0.25) is 0 Å². The number of hydrogen-bond donors (Lipinski definition) is 1. The van der Waals surface area contributed by atoms with Crippen LogP contribution in [0.15, 0.2) is 29.4 Å². The van der Waals surface area contributed by atoms with Gasteiger partial charge in [-0.1, -0.05) is 12.1 Å². The zero-order valence-electron chi connectivity index (χ0n) is 16.7. The third kappa shape index (κ3) is 6.03. The monoisotopic (exact) mass is 503 g/mol. The number of hydrazone groups is 1. The Kier molecular flexibility index (Phi) is 8.33. The van der Waals surface area contributed by atoms with Crippen molar-refractivity contribution in [3.63, 3.8) is 0 Å². The third-order valence-electron chi connectivity index (χ3n) is 4.05. The van der Waals surface area contributed by atoms with Crippen LogP contribution < -0.4 is 10.3 Å². The van der Waals surface area contributed by atoms with E-state index in [0.29, 0.717) is 19.3 Å². The van der Waals surface area contributed by atoms with Crippen molar-refractivity contribution < 1.29 is 57.8 Å². The number of alkyl halides is 11. The van der Waals surface area contributed by atoms with Crippen molar-refractivity contribution in [1.82, 2.24) is 5.43 Å². The first kappa shape index (κ1) is 28.4. The summed E-state index contributed by atoms with van der Waals surface area (Å²) in [6.45, 7) is 4.98. The molecule has 0 aliphatic carbocycles. The molecule has 1 aromatic rings. The Hall–Kier alpha value is -2.65. The van der Waals surface area contributed by atoms with Gasteiger partial charge in [0.15, 0.2) is 0 Å². The first-order valence-corrected chi connectivity index (χ1v) is 8.80. The van der Waals surface area contributed by atoms with E-state index in [1.165, 1.54) is 24.3 Å². The van der Waals surface area contributed by atoms with E-state index in [0.717, 1.165) is 11.1 Å². The van der Waals surface area contributed by atoms with Crippen molar-refractivity contribution in [2.24, 2.45) is 5.10 Å². The standard InChI is InChI=1S/C17H16F11N3O2/c1-3-31(4-2)11-7-5-10(6-8-11)9-29-30-12(32)13(18,15(21,22)23)33-17(27,28)14(19,20)16(24,25)26/h5-9H,3-4H2,1-2H3,(H,30,32)/b29-9+. The molecule has 0 saturated heterocycles. The molecule has 0 saturated carbocycles. The Morgan fingerprint density at radius 2 is 1.39 bits per heavy atom. The minimum atomic E-state index is -7.27. The van der Waals surface area contributed by atoms with Gasteiger partial charge in [-0.15, -0.1) is 0 Å². The van der Waals surface area contributed by atoms with E-state index < -0.39 is 36.1 Å². The number of nitrogens with zero attached hydrogens (tertiary/aromatic N) is 2. The summed E-state index contributed by atoms with van der Waals surface area (Å²) in [5.41, 5.74) is 1.62. The highest BCUT2D eigenvalue weighted by Crippen LogP contribution is 2.50. The first-order chi connectivity index (χ1) is 14.8. The lowest BCUT2D eigenvalue weighted by Crippen LogP contribution is -2.63. The maximum atomic E-state index is 14.0. The highest BCUT2D eigenvalue weighted by atomic mass is 19.4. The molecule has 1 N–H and O–H groups in total. The average Bonchev–Trinajstić information content (AvgIpc) is 2.67. The summed E-state index contributed by atoms with van der Waals surface area (Å²) >= 11 is 0. The number of halogens is 11. The highest BCUT2D eigenvalue weighted by molar-refractivity contribution is 5.87. The quantitative estimate of drug-likeness (QED) is 0.293. The third-order valence-corrected chi connectivity index (χ3v) is 4.05. The summed E-state index contributed by atoms with van der Waals surface area (Å²) in [6, 6.07) is 5.77. The van der Waals surface area contributed by atoms with Crippen molar-refractivity contribution in [3.8, 4) is 0 Å². The van der Waals surface area contributed by atoms with Crippen LogP contribution in [0.25, 0.3) is 0 Å². The molecule has 5 nitrogen and oxygen atoms in total. The van der Waals surface area contributed by atoms with Gasteiger partial charge in [-0.05, 0) is 31.5 Å². The van der Waals surface area contributed by atoms with E-state index in [9.17, 15) is 53.1 Å². The molecule has 0 aliphatic rings. The largest absolute Gasteiger partial charge is 0.462 e. The average molecular weight is 503 g/mol. The molecule has 0 radical (unpaired) electrons. The van der Waals surface area contributed by atoms with Crippen LogP contribution in [0.1, 0.15) is 19.4 Å². The molecular formula is C17H16F11N3O2. The summed E-state index contributed by atoms with van der Waals surface area (Å²) in [5.74, 6) is -16.8. The zero-order chi connectivity index (χ0) is 25.9. The van der Waals surface area contributed by atoms with Crippen molar-refractivity contribution in [3.05, 3.63) is 29.8 Å². The van der Waals surface area contributed by atoms with Crippen LogP contribution in [-0.2, 0) is 9.53 Å². The summed E-state index contributed by atoms with van der Waals surface area (Å²) < 4.78 is 143. The normalized spacial score (nSPS) is 15.4. The second-order valence-corrected chi connectivity index (χ2v) is 6.25. The van der Waals surface area contributed by atoms with E-state index >= 15 is 0 Å². The maximum absolute atomic E-state index is 14.0. The molecule has 0 fully saturated rings. The van der Waals surface area contributed by atoms with Crippen molar-refractivity contribution >= 4 is 17.8 Å². The minimum absolute atomic E-state index is 0.109. The van der Waals surface area contributed by atoms with Gasteiger partial charge in [0, 0.05) is 18.8 Å². The number of hydrogen-bond acceptors (Lipinski definition) is 4. The predicted molar refractivity (Wildman–Crippen MR) is 92.7 cm³/mol. The van der Waals surface area contributed by atoms with Gasteiger partial charge in [-0.25, -0.2) is 5.43 Å². The van der Waals surface area contributed by atoms with E-state index in [2.05, 4.69) is 9.84 Å². The molecule has 1 amide bonds. The van der Waals surface area contributed by atoms with Gasteiger partial charge in [0.05, 0.1) is 6.21 Å². The Bertz CT molecular complexity index is 834. The number of carbonyl (C=O) groups is 1. The topological polar surface area (TPSA) is 53.9 Å². The fourth-order valence-corrected chi connectivity index (χ4v) is 2.24. The summed E-state index contributed by atoms with van der Waals surface area (Å²) in [5, 5.41) is 2.86. The molecule has 1 aromatic carbocycles. The fourth-order valence-electron chi connectivity index (χ4n) is 2.24. The van der Waals surface area contributed by atoms with E-state index in [1.54, 1.807) is 0 Å². The number of nitrogens with one attached hydrogen (secondary N) is 1. The molecule has 33 heavy (non-hydrogen) atoms. The summed E-state index contributed by atoms with van der Waals surface area (Å²) in [6.07, 6.45) is -20.4. The number of carbonyl (C=O) groups excluding carboxylic acids is 1. The Labute approximate surface area is 179 Å².